The quantitative estimate of drug-likeness (QED) is 0.708. The van der Waals surface area contributed by atoms with E-state index >= 15 is 0 Å². The summed E-state index contributed by atoms with van der Waals surface area (Å²) in [6.45, 7) is 5.62. The first kappa shape index (κ1) is 11.0. The first-order valence-electron chi connectivity index (χ1n) is 5.47. The number of ether oxygens (including phenoxy) is 1. The molecule has 0 radical (unpaired) electrons. The summed E-state index contributed by atoms with van der Waals surface area (Å²) in [7, 11) is 0. The maximum atomic E-state index is 11.8. The molecule has 0 aliphatic carbocycles. The second-order valence-electron chi connectivity index (χ2n) is 5.03. The van der Waals surface area contributed by atoms with Crippen molar-refractivity contribution in [2.75, 3.05) is 5.32 Å². The smallest absolute Gasteiger partial charge is 0.329 e. The Balaban J connectivity index is 2.01. The van der Waals surface area contributed by atoms with E-state index < -0.39 is 5.60 Å². The van der Waals surface area contributed by atoms with Crippen LogP contribution in [0.1, 0.15) is 32.9 Å². The summed E-state index contributed by atoms with van der Waals surface area (Å²) in [6.07, 6.45) is 3.27. The molecule has 1 atom stereocenters. The van der Waals surface area contributed by atoms with E-state index in [9.17, 15) is 4.79 Å². The largest absolute Gasteiger partial charge is 0.458 e. The van der Waals surface area contributed by atoms with Crippen molar-refractivity contribution >= 4 is 11.7 Å². The summed E-state index contributed by atoms with van der Waals surface area (Å²) in [5.74, 6) is -0.195. The average molecular weight is 223 g/mol. The highest BCUT2D eigenvalue weighted by atomic mass is 16.6. The summed E-state index contributed by atoms with van der Waals surface area (Å²) in [6, 6.07) is -0.260. The molecule has 5 heteroatoms. The Labute approximate surface area is 94.6 Å². The number of rotatable bonds is 1. The molecule has 0 saturated heterocycles. The van der Waals surface area contributed by atoms with E-state index in [0.29, 0.717) is 0 Å². The van der Waals surface area contributed by atoms with Gasteiger partial charge in [-0.15, -0.1) is 0 Å². The van der Waals surface area contributed by atoms with Gasteiger partial charge in [0.25, 0.3) is 0 Å². The number of hydrogen-bond donors (Lipinski definition) is 2. The number of aromatic nitrogens is 2. The Morgan fingerprint density at radius 3 is 3.00 bits per heavy atom. The number of esters is 1. The number of anilines is 1. The molecule has 0 spiro atoms. The van der Waals surface area contributed by atoms with Gasteiger partial charge >= 0.3 is 5.97 Å². The van der Waals surface area contributed by atoms with Crippen molar-refractivity contribution in [3.8, 4) is 0 Å². The van der Waals surface area contributed by atoms with Crippen LogP contribution in [0.3, 0.4) is 0 Å². The molecule has 0 bridgehead atoms. The van der Waals surface area contributed by atoms with Crippen LogP contribution in [0.15, 0.2) is 6.20 Å². The molecule has 88 valence electrons. The number of nitrogens with one attached hydrogen (secondary N) is 2. The molecule has 5 nitrogen and oxygen atoms in total. The molecule has 16 heavy (non-hydrogen) atoms. The van der Waals surface area contributed by atoms with Crippen LogP contribution in [0.4, 0.5) is 5.69 Å². The van der Waals surface area contributed by atoms with Crippen molar-refractivity contribution in [2.24, 2.45) is 0 Å². The molecule has 1 unspecified atom stereocenters. The summed E-state index contributed by atoms with van der Waals surface area (Å²) in [5.41, 5.74) is 1.53. The minimum Gasteiger partial charge on any atom is -0.458 e. The van der Waals surface area contributed by atoms with Gasteiger partial charge in [0, 0.05) is 0 Å². The van der Waals surface area contributed by atoms with Crippen LogP contribution in [0.25, 0.3) is 0 Å². The minimum absolute atomic E-state index is 0.195. The van der Waals surface area contributed by atoms with Gasteiger partial charge in [0.15, 0.2) is 0 Å². The van der Waals surface area contributed by atoms with Crippen molar-refractivity contribution in [1.82, 2.24) is 10.2 Å². The number of carbonyl (C=O) groups is 1. The zero-order valence-corrected chi connectivity index (χ0v) is 9.83. The molecule has 2 N–H and O–H groups in total. The zero-order chi connectivity index (χ0) is 11.8. The van der Waals surface area contributed by atoms with Gasteiger partial charge in [-0.25, -0.2) is 4.79 Å². The Hall–Kier alpha value is -1.52. The second kappa shape index (κ2) is 3.81. The fourth-order valence-corrected chi connectivity index (χ4v) is 1.73. The monoisotopic (exact) mass is 223 g/mol. The number of aryl methyl sites for hydroxylation is 1. The first-order valence-corrected chi connectivity index (χ1v) is 5.47. The van der Waals surface area contributed by atoms with Gasteiger partial charge in [-0.2, -0.15) is 5.10 Å². The Morgan fingerprint density at radius 1 is 1.56 bits per heavy atom. The lowest BCUT2D eigenvalue weighted by Gasteiger charge is -2.27. The van der Waals surface area contributed by atoms with Crippen LogP contribution < -0.4 is 5.32 Å². The molecular formula is C11H17N3O2. The highest BCUT2D eigenvalue weighted by Crippen LogP contribution is 2.23. The highest BCUT2D eigenvalue weighted by Gasteiger charge is 2.28. The molecule has 1 aliphatic heterocycles. The Morgan fingerprint density at radius 2 is 2.31 bits per heavy atom. The first-order chi connectivity index (χ1) is 7.46. The number of H-pyrrole nitrogens is 1. The third-order valence-corrected chi connectivity index (χ3v) is 2.42. The lowest BCUT2D eigenvalue weighted by atomic mass is 10.0. The fraction of sp³-hybridized carbons (Fsp3) is 0.636. The fourth-order valence-electron chi connectivity index (χ4n) is 1.73. The molecule has 0 aromatic carbocycles. The number of nitrogens with zero attached hydrogens (tertiary/aromatic N) is 1. The van der Waals surface area contributed by atoms with Gasteiger partial charge in [0.2, 0.25) is 0 Å². The maximum Gasteiger partial charge on any atom is 0.329 e. The Kier molecular flexibility index (Phi) is 2.61. The molecule has 0 amide bonds. The average Bonchev–Trinajstić information content (AvgIpc) is 2.61. The molecule has 2 heterocycles. The summed E-state index contributed by atoms with van der Waals surface area (Å²) in [4.78, 5) is 11.8. The van der Waals surface area contributed by atoms with Crippen molar-refractivity contribution in [1.29, 1.82) is 0 Å². The van der Waals surface area contributed by atoms with Gasteiger partial charge in [0.1, 0.15) is 11.6 Å². The molecule has 0 fully saturated rings. The van der Waals surface area contributed by atoms with E-state index in [-0.39, 0.29) is 12.0 Å². The summed E-state index contributed by atoms with van der Waals surface area (Å²) in [5, 5.41) is 9.96. The lowest BCUT2D eigenvalue weighted by Crippen LogP contribution is -2.38. The van der Waals surface area contributed by atoms with Gasteiger partial charge < -0.3 is 10.1 Å². The van der Waals surface area contributed by atoms with Crippen molar-refractivity contribution < 1.29 is 9.53 Å². The number of aromatic amines is 1. The topological polar surface area (TPSA) is 67.0 Å². The molecule has 0 saturated carbocycles. The van der Waals surface area contributed by atoms with Gasteiger partial charge in [-0.05, 0) is 33.6 Å². The third-order valence-electron chi connectivity index (χ3n) is 2.42. The zero-order valence-electron chi connectivity index (χ0n) is 9.83. The number of carbonyl (C=O) groups excluding carboxylic acids is 1. The lowest BCUT2D eigenvalue weighted by molar-refractivity contribution is -0.156. The molecule has 1 aromatic heterocycles. The van der Waals surface area contributed by atoms with Gasteiger partial charge in [-0.1, -0.05) is 0 Å². The summed E-state index contributed by atoms with van der Waals surface area (Å²) < 4.78 is 5.34. The van der Waals surface area contributed by atoms with E-state index in [4.69, 9.17) is 4.74 Å². The van der Waals surface area contributed by atoms with Gasteiger partial charge in [0.05, 0.1) is 17.6 Å². The van der Waals surface area contributed by atoms with Gasteiger partial charge in [-0.3, -0.25) is 5.10 Å². The predicted molar refractivity (Wildman–Crippen MR) is 60.2 cm³/mol. The predicted octanol–water partition coefficient (Wildman–Crippen LogP) is 1.48. The standard InChI is InChI=1S/C11H17N3O2/c1-11(2,3)16-10(15)8-5-4-7-9(13-8)6-12-14-7/h6,8,13H,4-5H2,1-3H3,(H,12,14). The second-order valence-corrected chi connectivity index (χ2v) is 5.03. The van der Waals surface area contributed by atoms with Crippen molar-refractivity contribution in [3.63, 3.8) is 0 Å². The van der Waals surface area contributed by atoms with Crippen LogP contribution >= 0.6 is 0 Å². The van der Waals surface area contributed by atoms with E-state index in [1.807, 2.05) is 20.8 Å². The maximum absolute atomic E-state index is 11.8. The number of fused-ring (bicyclic) bond motifs is 1. The minimum atomic E-state index is -0.435. The number of hydrogen-bond acceptors (Lipinski definition) is 4. The van der Waals surface area contributed by atoms with Crippen LogP contribution in [0.5, 0.6) is 0 Å². The third kappa shape index (κ3) is 2.35. The van der Waals surface area contributed by atoms with Crippen LogP contribution in [0.2, 0.25) is 0 Å². The Bertz CT molecular complexity index is 392. The molecular weight excluding hydrogens is 206 g/mol. The normalized spacial score (nSPS) is 19.8. The van der Waals surface area contributed by atoms with E-state index in [0.717, 1.165) is 24.2 Å². The van der Waals surface area contributed by atoms with E-state index in [1.54, 1.807) is 6.20 Å². The summed E-state index contributed by atoms with van der Waals surface area (Å²) >= 11 is 0. The molecule has 1 aromatic rings. The van der Waals surface area contributed by atoms with Crippen molar-refractivity contribution in [2.45, 2.75) is 45.3 Å². The highest BCUT2D eigenvalue weighted by molar-refractivity contribution is 5.80. The van der Waals surface area contributed by atoms with Crippen LogP contribution in [-0.4, -0.2) is 27.8 Å². The van der Waals surface area contributed by atoms with E-state index in [1.165, 1.54) is 0 Å². The van der Waals surface area contributed by atoms with E-state index in [2.05, 4.69) is 15.5 Å². The molecule has 2 rings (SSSR count). The van der Waals surface area contributed by atoms with Crippen LogP contribution in [-0.2, 0) is 16.0 Å². The SMILES string of the molecule is CC(C)(C)OC(=O)C1CCc2[nH]ncc2N1. The molecule has 1 aliphatic rings. The van der Waals surface area contributed by atoms with Crippen LogP contribution in [0, 0.1) is 0 Å². The van der Waals surface area contributed by atoms with Crippen molar-refractivity contribution in [3.05, 3.63) is 11.9 Å².